The fraction of sp³-hybridized carbons (Fsp3) is 0.464. The zero-order chi connectivity index (χ0) is 25.3. The van der Waals surface area contributed by atoms with E-state index in [2.05, 4.69) is 40.0 Å². The van der Waals surface area contributed by atoms with Crippen LogP contribution in [0.1, 0.15) is 33.1 Å². The van der Waals surface area contributed by atoms with E-state index >= 15 is 0 Å². The summed E-state index contributed by atoms with van der Waals surface area (Å²) in [5.41, 5.74) is 11.1. The molecule has 0 bridgehead atoms. The predicted molar refractivity (Wildman–Crippen MR) is 147 cm³/mol. The number of hydrogen-bond donors (Lipinski definition) is 3. The van der Waals surface area contributed by atoms with E-state index in [-0.39, 0.29) is 6.03 Å². The van der Waals surface area contributed by atoms with Gasteiger partial charge in [0.15, 0.2) is 0 Å². The van der Waals surface area contributed by atoms with Crippen molar-refractivity contribution in [2.45, 2.75) is 39.7 Å². The summed E-state index contributed by atoms with van der Waals surface area (Å²) in [5.74, 6) is 0.849. The van der Waals surface area contributed by atoms with Gasteiger partial charge in [-0.2, -0.15) is 0 Å². The average Bonchev–Trinajstić information content (AvgIpc) is 3.18. The number of nitrogens with one attached hydrogen (secondary N) is 2. The number of anilines is 2. The molecular formula is C28H39N5O3. The van der Waals surface area contributed by atoms with Crippen molar-refractivity contribution < 1.29 is 14.3 Å². The Labute approximate surface area is 213 Å². The van der Waals surface area contributed by atoms with E-state index in [1.165, 1.54) is 0 Å². The van der Waals surface area contributed by atoms with Crippen LogP contribution in [0.3, 0.4) is 0 Å². The quantitative estimate of drug-likeness (QED) is 0.329. The van der Waals surface area contributed by atoms with Crippen LogP contribution in [-0.2, 0) is 11.3 Å². The van der Waals surface area contributed by atoms with Crippen molar-refractivity contribution in [3.8, 4) is 17.0 Å². The van der Waals surface area contributed by atoms with Crippen LogP contribution in [0.15, 0.2) is 42.5 Å². The van der Waals surface area contributed by atoms with E-state index in [1.54, 1.807) is 0 Å². The zero-order valence-corrected chi connectivity index (χ0v) is 21.5. The number of nitrogens with zero attached hydrogens (tertiary/aromatic N) is 2. The van der Waals surface area contributed by atoms with Crippen molar-refractivity contribution in [3.05, 3.63) is 42.5 Å². The summed E-state index contributed by atoms with van der Waals surface area (Å²) in [6.45, 7) is 11.0. The molecule has 36 heavy (non-hydrogen) atoms. The lowest BCUT2D eigenvalue weighted by atomic mass is 10.1. The number of carbonyl (C=O) groups excluding carboxylic acids is 1. The Morgan fingerprint density at radius 3 is 2.72 bits per heavy atom. The van der Waals surface area contributed by atoms with Crippen LogP contribution in [0.2, 0.25) is 0 Å². The number of nitrogens with two attached hydrogens (primary N) is 1. The van der Waals surface area contributed by atoms with Crippen LogP contribution in [-0.4, -0.2) is 61.5 Å². The third kappa shape index (κ3) is 6.30. The van der Waals surface area contributed by atoms with E-state index in [0.717, 1.165) is 97.9 Å². The second-order valence-electron chi connectivity index (χ2n) is 9.16. The summed E-state index contributed by atoms with van der Waals surface area (Å²) >= 11 is 0. The fourth-order valence-electron chi connectivity index (χ4n) is 4.69. The molecule has 8 nitrogen and oxygen atoms in total. The van der Waals surface area contributed by atoms with Crippen molar-refractivity contribution in [1.29, 1.82) is 0 Å². The van der Waals surface area contributed by atoms with Crippen molar-refractivity contribution in [2.75, 3.05) is 57.1 Å². The van der Waals surface area contributed by atoms with Gasteiger partial charge in [-0.3, -0.25) is 4.90 Å². The number of nitrogen functional groups attached to an aromatic ring is 1. The average molecular weight is 494 g/mol. The second-order valence-corrected chi connectivity index (χ2v) is 9.16. The van der Waals surface area contributed by atoms with Gasteiger partial charge in [-0.25, -0.2) is 4.79 Å². The number of fused-ring (bicyclic) bond motifs is 1. The summed E-state index contributed by atoms with van der Waals surface area (Å²) in [4.78, 5) is 14.6. The molecule has 0 atom stereocenters. The monoisotopic (exact) mass is 493 g/mol. The molecule has 1 aliphatic heterocycles. The molecule has 1 saturated heterocycles. The van der Waals surface area contributed by atoms with Gasteiger partial charge in [-0.15, -0.1) is 0 Å². The largest absolute Gasteiger partial charge is 0.493 e. The lowest BCUT2D eigenvalue weighted by Crippen LogP contribution is -2.37. The third-order valence-corrected chi connectivity index (χ3v) is 6.59. The van der Waals surface area contributed by atoms with Crippen LogP contribution in [0.5, 0.6) is 5.75 Å². The first-order valence-corrected chi connectivity index (χ1v) is 13.1. The van der Waals surface area contributed by atoms with Crippen LogP contribution < -0.4 is 21.1 Å². The summed E-state index contributed by atoms with van der Waals surface area (Å²) < 4.78 is 13.7. The molecule has 3 aromatic rings. The van der Waals surface area contributed by atoms with Crippen LogP contribution in [0.25, 0.3) is 22.2 Å². The van der Waals surface area contributed by atoms with Gasteiger partial charge in [0.25, 0.3) is 0 Å². The molecule has 0 unspecified atom stereocenters. The van der Waals surface area contributed by atoms with Gasteiger partial charge in [0.2, 0.25) is 0 Å². The van der Waals surface area contributed by atoms with E-state index in [0.29, 0.717) is 13.2 Å². The van der Waals surface area contributed by atoms with Gasteiger partial charge in [-0.05, 0) is 44.0 Å². The molecule has 0 spiro atoms. The lowest BCUT2D eigenvalue weighted by molar-refractivity contribution is 0.0358. The summed E-state index contributed by atoms with van der Waals surface area (Å²) in [6, 6.07) is 13.8. The lowest BCUT2D eigenvalue weighted by Gasteiger charge is -2.26. The number of unbranched alkanes of at least 4 members (excludes halogenated alkanes) is 1. The highest BCUT2D eigenvalue weighted by atomic mass is 16.5. The van der Waals surface area contributed by atoms with Crippen molar-refractivity contribution >= 4 is 28.3 Å². The first kappa shape index (κ1) is 25.9. The maximum atomic E-state index is 12.2. The number of benzene rings is 2. The fourth-order valence-corrected chi connectivity index (χ4v) is 4.69. The Morgan fingerprint density at radius 1 is 1.11 bits per heavy atom. The molecule has 194 valence electrons. The minimum absolute atomic E-state index is 0.194. The molecule has 1 aromatic heterocycles. The minimum Gasteiger partial charge on any atom is -0.493 e. The molecule has 0 radical (unpaired) electrons. The molecular weight excluding hydrogens is 454 g/mol. The number of morpholine rings is 1. The topological polar surface area (TPSA) is 93.8 Å². The molecule has 1 aliphatic rings. The highest BCUT2D eigenvalue weighted by Gasteiger charge is 2.17. The number of ether oxygens (including phenoxy) is 2. The standard InChI is InChI=1S/C28H39N5O3/c1-3-5-12-30-28(34)31-22-9-6-8-21(19-22)27-26(29)24-11-10-23(20-25(24)33(27)4-2)36-16-7-13-32-14-17-35-18-15-32/h6,8-11,19-20H,3-5,7,12-18,29H2,1-2H3,(H2,30,31,34). The van der Waals surface area contributed by atoms with Gasteiger partial charge >= 0.3 is 6.03 Å². The molecule has 2 aromatic carbocycles. The number of carbonyl (C=O) groups is 1. The van der Waals surface area contributed by atoms with E-state index in [1.807, 2.05) is 36.4 Å². The molecule has 8 heteroatoms. The van der Waals surface area contributed by atoms with Gasteiger partial charge < -0.3 is 30.4 Å². The Morgan fingerprint density at radius 2 is 1.94 bits per heavy atom. The SMILES string of the molecule is CCCCNC(=O)Nc1cccc(-c2c(N)c3ccc(OCCCN4CCOCC4)cc3n2CC)c1. The number of aryl methyl sites for hydroxylation is 1. The molecule has 2 amide bonds. The van der Waals surface area contributed by atoms with Crippen molar-refractivity contribution in [3.63, 3.8) is 0 Å². The smallest absolute Gasteiger partial charge is 0.319 e. The first-order chi connectivity index (χ1) is 17.6. The van der Waals surface area contributed by atoms with Crippen molar-refractivity contribution in [2.24, 2.45) is 0 Å². The predicted octanol–water partition coefficient (Wildman–Crippen LogP) is 4.93. The Bertz CT molecular complexity index is 1150. The number of amides is 2. The molecule has 1 fully saturated rings. The van der Waals surface area contributed by atoms with Gasteiger partial charge in [0.1, 0.15) is 5.75 Å². The zero-order valence-electron chi connectivity index (χ0n) is 21.5. The summed E-state index contributed by atoms with van der Waals surface area (Å²) in [6.07, 6.45) is 2.98. The Balaban J connectivity index is 1.48. The number of rotatable bonds is 11. The van der Waals surface area contributed by atoms with E-state index in [9.17, 15) is 4.79 Å². The second kappa shape index (κ2) is 12.6. The normalized spacial score (nSPS) is 14.2. The number of aromatic nitrogens is 1. The first-order valence-electron chi connectivity index (χ1n) is 13.1. The van der Waals surface area contributed by atoms with Crippen LogP contribution >= 0.6 is 0 Å². The van der Waals surface area contributed by atoms with Crippen LogP contribution in [0.4, 0.5) is 16.2 Å². The Kier molecular flexibility index (Phi) is 9.08. The van der Waals surface area contributed by atoms with E-state index in [4.69, 9.17) is 15.2 Å². The summed E-state index contributed by atoms with van der Waals surface area (Å²) in [5, 5.41) is 6.83. The Hall–Kier alpha value is -3.23. The summed E-state index contributed by atoms with van der Waals surface area (Å²) in [7, 11) is 0. The van der Waals surface area contributed by atoms with E-state index < -0.39 is 0 Å². The van der Waals surface area contributed by atoms with Gasteiger partial charge in [-0.1, -0.05) is 25.5 Å². The number of hydrogen-bond acceptors (Lipinski definition) is 5. The third-order valence-electron chi connectivity index (χ3n) is 6.59. The van der Waals surface area contributed by atoms with Gasteiger partial charge in [0.05, 0.1) is 36.7 Å². The number of urea groups is 1. The highest BCUT2D eigenvalue weighted by Crippen LogP contribution is 2.38. The van der Waals surface area contributed by atoms with Gasteiger partial charge in [0, 0.05) is 55.4 Å². The maximum absolute atomic E-state index is 12.2. The maximum Gasteiger partial charge on any atom is 0.319 e. The molecule has 0 aliphatic carbocycles. The molecule has 0 saturated carbocycles. The van der Waals surface area contributed by atoms with Crippen molar-refractivity contribution in [1.82, 2.24) is 14.8 Å². The highest BCUT2D eigenvalue weighted by molar-refractivity contribution is 6.02. The van der Waals surface area contributed by atoms with Crippen LogP contribution in [0, 0.1) is 0 Å². The minimum atomic E-state index is -0.194. The molecule has 2 heterocycles. The molecule has 4 rings (SSSR count). The molecule has 4 N–H and O–H groups in total.